The van der Waals surface area contributed by atoms with E-state index in [1.54, 1.807) is 14.2 Å². The van der Waals surface area contributed by atoms with Gasteiger partial charge in [-0.05, 0) is 67.4 Å². The van der Waals surface area contributed by atoms with Gasteiger partial charge in [-0.25, -0.2) is 9.97 Å². The maximum Gasteiger partial charge on any atom is 0.227 e. The van der Waals surface area contributed by atoms with Crippen molar-refractivity contribution in [2.75, 3.05) is 84.0 Å². The van der Waals surface area contributed by atoms with Crippen molar-refractivity contribution >= 4 is 17.3 Å². The maximum absolute atomic E-state index is 6.34. The predicted octanol–water partition coefficient (Wildman–Crippen LogP) is 7.41. The van der Waals surface area contributed by atoms with E-state index in [4.69, 9.17) is 33.7 Å². The van der Waals surface area contributed by atoms with Crippen molar-refractivity contribution in [1.82, 2.24) is 19.8 Å². The first kappa shape index (κ1) is 36.8. The van der Waals surface area contributed by atoms with E-state index in [2.05, 4.69) is 63.5 Å². The number of hydrogen-bond donors (Lipinski definition) is 1. The molecule has 4 aromatic carbocycles. The largest absolute Gasteiger partial charge is 0.497 e. The molecule has 0 aliphatic carbocycles. The van der Waals surface area contributed by atoms with E-state index in [9.17, 15) is 0 Å². The highest BCUT2D eigenvalue weighted by Crippen LogP contribution is 2.39. The molecule has 0 spiro atoms. The average molecular weight is 743 g/mol. The normalized spacial score (nSPS) is 17.3. The summed E-state index contributed by atoms with van der Waals surface area (Å²) in [6.07, 6.45) is 3.69. The molecule has 3 saturated heterocycles. The third-order valence-electron chi connectivity index (χ3n) is 10.9. The van der Waals surface area contributed by atoms with Gasteiger partial charge in [0.1, 0.15) is 23.9 Å². The molecule has 5 aromatic rings. The van der Waals surface area contributed by atoms with Gasteiger partial charge >= 0.3 is 0 Å². The second-order valence-corrected chi connectivity index (χ2v) is 14.4. The van der Waals surface area contributed by atoms with Crippen molar-refractivity contribution < 1.29 is 23.7 Å². The Morgan fingerprint density at radius 2 is 1.53 bits per heavy atom. The molecule has 0 atom stereocenters. The Balaban J connectivity index is 1.03. The van der Waals surface area contributed by atoms with Gasteiger partial charge in [0.25, 0.3) is 0 Å². The first-order valence-electron chi connectivity index (χ1n) is 19.2. The van der Waals surface area contributed by atoms with Gasteiger partial charge in [-0.2, -0.15) is 0 Å². The minimum atomic E-state index is -0.536. The minimum Gasteiger partial charge on any atom is -0.497 e. The zero-order chi connectivity index (χ0) is 37.6. The van der Waals surface area contributed by atoms with E-state index in [0.717, 1.165) is 76.9 Å². The number of rotatable bonds is 12. The summed E-state index contributed by atoms with van der Waals surface area (Å²) >= 11 is 0. The molecule has 8 rings (SSSR count). The lowest BCUT2D eigenvalue weighted by Crippen LogP contribution is -2.52. The van der Waals surface area contributed by atoms with Crippen molar-refractivity contribution in [3.63, 3.8) is 0 Å². The molecule has 0 unspecified atom stereocenters. The fourth-order valence-corrected chi connectivity index (χ4v) is 7.70. The van der Waals surface area contributed by atoms with Gasteiger partial charge in [0, 0.05) is 74.4 Å². The number of methoxy groups -OCH3 is 2. The highest BCUT2D eigenvalue weighted by Gasteiger charge is 2.28. The number of piperidine rings is 1. The van der Waals surface area contributed by atoms with E-state index in [0.29, 0.717) is 37.6 Å². The Labute approximate surface area is 323 Å². The molecule has 0 bridgehead atoms. The van der Waals surface area contributed by atoms with Crippen LogP contribution in [0.5, 0.6) is 17.2 Å². The van der Waals surface area contributed by atoms with Crippen LogP contribution in [-0.4, -0.2) is 99.6 Å². The van der Waals surface area contributed by atoms with Crippen LogP contribution < -0.4 is 24.4 Å². The molecular formula is C44H50N6O5. The molecular weight excluding hydrogens is 693 g/mol. The molecule has 0 radical (unpaired) electrons. The molecule has 3 aliphatic rings. The van der Waals surface area contributed by atoms with E-state index in [1.165, 1.54) is 31.6 Å². The number of ether oxygens (including phenoxy) is 5. The second kappa shape index (κ2) is 17.1. The number of nitrogens with one attached hydrogen (secondary N) is 1. The monoisotopic (exact) mass is 742 g/mol. The number of likely N-dealkylation sites (N-methyl/N-ethyl adjacent to an activating group) is 1. The minimum absolute atomic E-state index is 0.391. The lowest BCUT2D eigenvalue weighted by molar-refractivity contribution is -0.0458. The summed E-state index contributed by atoms with van der Waals surface area (Å²) in [5.74, 6) is 2.73. The van der Waals surface area contributed by atoms with Crippen molar-refractivity contribution in [2.45, 2.75) is 31.8 Å². The average Bonchev–Trinajstić information content (AvgIpc) is 3.79. The maximum atomic E-state index is 6.34. The second-order valence-electron chi connectivity index (χ2n) is 14.4. The Kier molecular flexibility index (Phi) is 11.4. The third kappa shape index (κ3) is 8.55. The van der Waals surface area contributed by atoms with Gasteiger partial charge in [0.05, 0.1) is 44.4 Å². The fraction of sp³-hybridized carbons (Fsp3) is 0.364. The van der Waals surface area contributed by atoms with E-state index in [-0.39, 0.29) is 0 Å². The lowest BCUT2D eigenvalue weighted by Gasteiger charge is -2.42. The Hall–Kier alpha value is -5.20. The topological polar surface area (TPSA) is 93.7 Å². The standard InChI is InChI=1S/C44H50N6O5/c1-48-21-23-50(24-22-48)34-17-19-49(20-18-34)35-12-15-39(41(28-35)52-3)46-44-45-29-38(42(47-44)32-7-5-4-6-8-32)33-11-16-40(37(27-33)43-53-25-26-54-43)55-30-31-9-13-36(51-2)14-10-31/h4-16,27-29,34,43H,17-26,30H2,1-3H3,(H,45,46,47). The summed E-state index contributed by atoms with van der Waals surface area (Å²) in [4.78, 5) is 17.5. The van der Waals surface area contributed by atoms with Crippen LogP contribution in [0.25, 0.3) is 22.4 Å². The summed E-state index contributed by atoms with van der Waals surface area (Å²) in [6.45, 7) is 8.16. The molecule has 11 nitrogen and oxygen atoms in total. The number of nitrogens with zero attached hydrogens (tertiary/aromatic N) is 5. The van der Waals surface area contributed by atoms with Crippen LogP contribution in [0.1, 0.15) is 30.3 Å². The molecule has 3 fully saturated rings. The quantitative estimate of drug-likeness (QED) is 0.139. The molecule has 1 aromatic heterocycles. The van der Waals surface area contributed by atoms with Crippen LogP contribution >= 0.6 is 0 Å². The Bertz CT molecular complexity index is 2030. The smallest absolute Gasteiger partial charge is 0.227 e. The molecule has 0 saturated carbocycles. The number of aromatic nitrogens is 2. The third-order valence-corrected chi connectivity index (χ3v) is 10.9. The van der Waals surface area contributed by atoms with Gasteiger partial charge < -0.3 is 38.8 Å². The molecule has 0 amide bonds. The lowest BCUT2D eigenvalue weighted by atomic mass is 9.98. The highest BCUT2D eigenvalue weighted by molar-refractivity contribution is 5.82. The van der Waals surface area contributed by atoms with Crippen LogP contribution in [0.4, 0.5) is 17.3 Å². The SMILES string of the molecule is COc1ccc(COc2ccc(-c3cnc(Nc4ccc(N5CCC(N6CCN(C)CC6)CC5)cc4OC)nc3-c3ccccc3)cc2C2OCCO2)cc1. The zero-order valence-electron chi connectivity index (χ0n) is 31.9. The number of anilines is 3. The predicted molar refractivity (Wildman–Crippen MR) is 215 cm³/mol. The molecule has 4 heterocycles. The summed E-state index contributed by atoms with van der Waals surface area (Å²) in [7, 11) is 5.59. The highest BCUT2D eigenvalue weighted by atomic mass is 16.7. The van der Waals surface area contributed by atoms with Crippen LogP contribution in [0, 0.1) is 0 Å². The first-order valence-corrected chi connectivity index (χ1v) is 19.2. The van der Waals surface area contributed by atoms with Crippen LogP contribution in [0.3, 0.4) is 0 Å². The van der Waals surface area contributed by atoms with Gasteiger partial charge in [-0.15, -0.1) is 0 Å². The molecule has 286 valence electrons. The van der Waals surface area contributed by atoms with Crippen LogP contribution in [-0.2, 0) is 16.1 Å². The summed E-state index contributed by atoms with van der Waals surface area (Å²) in [6, 6.07) is 31.1. The van der Waals surface area contributed by atoms with E-state index >= 15 is 0 Å². The number of piperazine rings is 1. The van der Waals surface area contributed by atoms with E-state index in [1.807, 2.05) is 60.8 Å². The first-order chi connectivity index (χ1) is 27.0. The van der Waals surface area contributed by atoms with Crippen molar-refractivity contribution in [2.24, 2.45) is 0 Å². The summed E-state index contributed by atoms with van der Waals surface area (Å²) in [5.41, 5.74) is 7.39. The van der Waals surface area contributed by atoms with Gasteiger partial charge in [0.15, 0.2) is 6.29 Å². The number of benzene rings is 4. The van der Waals surface area contributed by atoms with Crippen LogP contribution in [0.15, 0.2) is 97.2 Å². The van der Waals surface area contributed by atoms with Crippen molar-refractivity contribution in [3.05, 3.63) is 108 Å². The molecule has 1 N–H and O–H groups in total. The Morgan fingerprint density at radius 1 is 0.764 bits per heavy atom. The molecule has 3 aliphatic heterocycles. The fourth-order valence-electron chi connectivity index (χ4n) is 7.70. The zero-order valence-corrected chi connectivity index (χ0v) is 31.9. The Morgan fingerprint density at radius 3 is 2.25 bits per heavy atom. The van der Waals surface area contributed by atoms with Gasteiger partial charge in [-0.3, -0.25) is 4.90 Å². The number of hydrogen-bond acceptors (Lipinski definition) is 11. The van der Waals surface area contributed by atoms with Gasteiger partial charge in [-0.1, -0.05) is 48.5 Å². The molecule has 11 heteroatoms. The van der Waals surface area contributed by atoms with Crippen molar-refractivity contribution in [1.29, 1.82) is 0 Å². The van der Waals surface area contributed by atoms with Crippen LogP contribution in [0.2, 0.25) is 0 Å². The summed E-state index contributed by atoms with van der Waals surface area (Å²) in [5, 5.41) is 3.46. The van der Waals surface area contributed by atoms with Gasteiger partial charge in [0.2, 0.25) is 5.95 Å². The molecule has 55 heavy (non-hydrogen) atoms. The summed E-state index contributed by atoms with van der Waals surface area (Å²) < 4.78 is 29.5. The van der Waals surface area contributed by atoms with E-state index < -0.39 is 6.29 Å². The van der Waals surface area contributed by atoms with Crippen molar-refractivity contribution in [3.8, 4) is 39.6 Å².